The molecule has 0 aliphatic heterocycles. The van der Waals surface area contributed by atoms with Crippen LogP contribution in [-0.2, 0) is 9.53 Å². The maximum Gasteiger partial charge on any atom is 0.316 e. The van der Waals surface area contributed by atoms with Gasteiger partial charge in [0.1, 0.15) is 4.88 Å². The van der Waals surface area contributed by atoms with Gasteiger partial charge < -0.3 is 4.74 Å². The second-order valence-electron chi connectivity index (χ2n) is 4.66. The maximum absolute atomic E-state index is 12.4. The van der Waals surface area contributed by atoms with Gasteiger partial charge in [0.2, 0.25) is 5.13 Å². The standard InChI is InChI=1S/C15H12ClN3O3S3/c1-2-22-10(20)7-23-15-19-18-14(25-15)17-13(21)12-11(16)8-5-3-4-6-9(8)24-12/h3-6H,2,7H2,1H3,(H,17,18,21). The topological polar surface area (TPSA) is 81.2 Å². The smallest absolute Gasteiger partial charge is 0.316 e. The molecule has 1 aromatic carbocycles. The Morgan fingerprint density at radius 3 is 2.84 bits per heavy atom. The molecule has 10 heteroatoms. The number of aromatic nitrogens is 2. The van der Waals surface area contributed by atoms with Gasteiger partial charge in [-0.15, -0.1) is 21.5 Å². The molecule has 0 saturated heterocycles. The van der Waals surface area contributed by atoms with Crippen LogP contribution in [0.3, 0.4) is 0 Å². The number of nitrogens with zero attached hydrogens (tertiary/aromatic N) is 2. The van der Waals surface area contributed by atoms with E-state index in [1.165, 1.54) is 34.4 Å². The summed E-state index contributed by atoms with van der Waals surface area (Å²) < 4.78 is 6.37. The van der Waals surface area contributed by atoms with E-state index in [-0.39, 0.29) is 17.6 Å². The molecule has 0 spiro atoms. The molecule has 3 aromatic rings. The lowest BCUT2D eigenvalue weighted by Gasteiger charge is -1.99. The van der Waals surface area contributed by atoms with Crippen LogP contribution in [0.15, 0.2) is 28.6 Å². The summed E-state index contributed by atoms with van der Waals surface area (Å²) in [6.07, 6.45) is 0. The van der Waals surface area contributed by atoms with Crippen molar-refractivity contribution in [2.75, 3.05) is 17.7 Å². The Balaban J connectivity index is 1.67. The van der Waals surface area contributed by atoms with Gasteiger partial charge in [-0.25, -0.2) is 0 Å². The summed E-state index contributed by atoms with van der Waals surface area (Å²) in [7, 11) is 0. The van der Waals surface area contributed by atoms with Gasteiger partial charge in [0, 0.05) is 10.1 Å². The highest BCUT2D eigenvalue weighted by atomic mass is 35.5. The summed E-state index contributed by atoms with van der Waals surface area (Å²) in [6, 6.07) is 7.56. The van der Waals surface area contributed by atoms with E-state index in [0.29, 0.717) is 26.0 Å². The summed E-state index contributed by atoms with van der Waals surface area (Å²) in [4.78, 5) is 24.2. The van der Waals surface area contributed by atoms with Crippen molar-refractivity contribution >= 4 is 73.1 Å². The Kier molecular flexibility index (Phi) is 5.89. The molecule has 0 aliphatic rings. The fourth-order valence-electron chi connectivity index (χ4n) is 1.96. The number of rotatable bonds is 6. The van der Waals surface area contributed by atoms with Crippen molar-refractivity contribution in [1.82, 2.24) is 10.2 Å². The van der Waals surface area contributed by atoms with Crippen LogP contribution >= 0.6 is 46.0 Å². The van der Waals surface area contributed by atoms with Gasteiger partial charge in [-0.1, -0.05) is 52.9 Å². The number of anilines is 1. The van der Waals surface area contributed by atoms with Gasteiger partial charge in [0.15, 0.2) is 4.34 Å². The van der Waals surface area contributed by atoms with E-state index >= 15 is 0 Å². The predicted molar refractivity (Wildman–Crippen MR) is 102 cm³/mol. The van der Waals surface area contributed by atoms with Crippen LogP contribution < -0.4 is 5.32 Å². The third kappa shape index (κ3) is 4.30. The lowest BCUT2D eigenvalue weighted by atomic mass is 10.2. The van der Waals surface area contributed by atoms with Crippen molar-refractivity contribution in [3.63, 3.8) is 0 Å². The highest BCUT2D eigenvalue weighted by Gasteiger charge is 2.18. The number of thioether (sulfide) groups is 1. The van der Waals surface area contributed by atoms with Crippen LogP contribution in [-0.4, -0.2) is 34.4 Å². The largest absolute Gasteiger partial charge is 0.465 e. The quantitative estimate of drug-likeness (QED) is 0.368. The van der Waals surface area contributed by atoms with Crippen molar-refractivity contribution in [2.24, 2.45) is 0 Å². The Labute approximate surface area is 160 Å². The van der Waals surface area contributed by atoms with Crippen molar-refractivity contribution < 1.29 is 14.3 Å². The lowest BCUT2D eigenvalue weighted by molar-refractivity contribution is -0.139. The lowest BCUT2D eigenvalue weighted by Crippen LogP contribution is -2.10. The number of ether oxygens (including phenoxy) is 1. The summed E-state index contributed by atoms with van der Waals surface area (Å²) in [6.45, 7) is 2.09. The second-order valence-corrected chi connectivity index (χ2v) is 8.29. The average molecular weight is 414 g/mol. The van der Waals surface area contributed by atoms with E-state index in [1.807, 2.05) is 24.3 Å². The number of amides is 1. The number of esters is 1. The molecule has 0 unspecified atom stereocenters. The van der Waals surface area contributed by atoms with Gasteiger partial charge in [0.25, 0.3) is 5.91 Å². The first-order valence-electron chi connectivity index (χ1n) is 7.18. The van der Waals surface area contributed by atoms with E-state index in [9.17, 15) is 9.59 Å². The van der Waals surface area contributed by atoms with Crippen molar-refractivity contribution in [3.05, 3.63) is 34.2 Å². The fourth-order valence-corrected chi connectivity index (χ4v) is 4.91. The van der Waals surface area contributed by atoms with E-state index in [1.54, 1.807) is 6.92 Å². The van der Waals surface area contributed by atoms with Gasteiger partial charge in [-0.3, -0.25) is 14.9 Å². The van der Waals surface area contributed by atoms with Gasteiger partial charge in [-0.05, 0) is 13.0 Å². The summed E-state index contributed by atoms with van der Waals surface area (Å²) in [5.41, 5.74) is 0. The number of carbonyl (C=O) groups excluding carboxylic acids is 2. The third-order valence-corrected chi connectivity index (χ3v) is 6.61. The molecule has 3 rings (SSSR count). The van der Waals surface area contributed by atoms with Crippen molar-refractivity contribution in [3.8, 4) is 0 Å². The molecule has 0 aliphatic carbocycles. The molecular formula is C15H12ClN3O3S3. The molecule has 0 atom stereocenters. The highest BCUT2D eigenvalue weighted by Crippen LogP contribution is 2.36. The number of carbonyl (C=O) groups is 2. The normalized spacial score (nSPS) is 10.8. The minimum atomic E-state index is -0.329. The molecule has 6 nitrogen and oxygen atoms in total. The number of hydrogen-bond acceptors (Lipinski definition) is 8. The molecule has 1 N–H and O–H groups in total. The molecule has 0 saturated carbocycles. The second kappa shape index (κ2) is 8.13. The first kappa shape index (κ1) is 18.1. The number of benzene rings is 1. The van der Waals surface area contributed by atoms with Crippen LogP contribution in [0, 0.1) is 0 Å². The molecule has 0 radical (unpaired) electrons. The monoisotopic (exact) mass is 413 g/mol. The zero-order valence-corrected chi connectivity index (χ0v) is 16.2. The predicted octanol–water partition coefficient (Wildman–Crippen LogP) is 4.31. The SMILES string of the molecule is CCOC(=O)CSc1nnc(NC(=O)c2sc3ccccc3c2Cl)s1. The Hall–Kier alpha value is -1.68. The zero-order valence-electron chi connectivity index (χ0n) is 12.9. The van der Waals surface area contributed by atoms with Gasteiger partial charge in [-0.2, -0.15) is 0 Å². The molecule has 1 amide bonds. The summed E-state index contributed by atoms with van der Waals surface area (Å²) >= 11 is 10.0. The third-order valence-electron chi connectivity index (χ3n) is 2.99. The van der Waals surface area contributed by atoms with Crippen LogP contribution in [0.25, 0.3) is 10.1 Å². The van der Waals surface area contributed by atoms with Crippen LogP contribution in [0.5, 0.6) is 0 Å². The zero-order chi connectivity index (χ0) is 17.8. The van der Waals surface area contributed by atoms with Gasteiger partial charge >= 0.3 is 5.97 Å². The number of hydrogen-bond donors (Lipinski definition) is 1. The number of nitrogens with one attached hydrogen (secondary N) is 1. The molecule has 2 heterocycles. The molecule has 0 fully saturated rings. The van der Waals surface area contributed by atoms with E-state index in [0.717, 1.165) is 10.1 Å². The summed E-state index contributed by atoms with van der Waals surface area (Å²) in [5, 5.41) is 12.2. The summed E-state index contributed by atoms with van der Waals surface area (Å²) in [5.74, 6) is -0.493. The molecule has 0 bridgehead atoms. The highest BCUT2D eigenvalue weighted by molar-refractivity contribution is 8.01. The fraction of sp³-hybridized carbons (Fsp3) is 0.200. The Morgan fingerprint density at radius 2 is 2.08 bits per heavy atom. The Morgan fingerprint density at radius 1 is 1.28 bits per heavy atom. The minimum Gasteiger partial charge on any atom is -0.465 e. The van der Waals surface area contributed by atoms with Crippen molar-refractivity contribution in [1.29, 1.82) is 0 Å². The first-order valence-corrected chi connectivity index (χ1v) is 10.2. The number of halogens is 1. The first-order chi connectivity index (χ1) is 12.1. The van der Waals surface area contributed by atoms with E-state index in [2.05, 4.69) is 15.5 Å². The average Bonchev–Trinajstić information content (AvgIpc) is 3.18. The minimum absolute atomic E-state index is 0.151. The van der Waals surface area contributed by atoms with Gasteiger partial charge in [0.05, 0.1) is 17.4 Å². The molecule has 2 aromatic heterocycles. The van der Waals surface area contributed by atoms with Crippen LogP contribution in [0.4, 0.5) is 5.13 Å². The molecule has 130 valence electrons. The van der Waals surface area contributed by atoms with E-state index in [4.69, 9.17) is 16.3 Å². The van der Waals surface area contributed by atoms with Crippen molar-refractivity contribution in [2.45, 2.75) is 11.3 Å². The number of thiophene rings is 1. The Bertz CT molecular complexity index is 925. The van der Waals surface area contributed by atoms with Crippen LogP contribution in [0.2, 0.25) is 5.02 Å². The van der Waals surface area contributed by atoms with Crippen LogP contribution in [0.1, 0.15) is 16.6 Å². The molecular weight excluding hydrogens is 402 g/mol. The maximum atomic E-state index is 12.4. The van der Waals surface area contributed by atoms with E-state index < -0.39 is 0 Å². The number of fused-ring (bicyclic) bond motifs is 1. The molecule has 25 heavy (non-hydrogen) atoms.